The molecule has 1 aromatic carbocycles. The summed E-state index contributed by atoms with van der Waals surface area (Å²) >= 11 is 0. The van der Waals surface area contributed by atoms with Crippen molar-refractivity contribution >= 4 is 0 Å². The van der Waals surface area contributed by atoms with Crippen LogP contribution < -0.4 is 4.57 Å². The molecule has 2 heteroatoms. The number of aryl methyl sites for hydroxylation is 1. The van der Waals surface area contributed by atoms with Gasteiger partial charge < -0.3 is 0 Å². The minimum absolute atomic E-state index is 1.17. The molecule has 2 rings (SSSR count). The average Bonchev–Trinajstić information content (AvgIpc) is 3.29. The van der Waals surface area contributed by atoms with E-state index in [2.05, 4.69) is 65.7 Å². The zero-order chi connectivity index (χ0) is 24.8. The first kappa shape index (κ1) is 29.7. The minimum atomic E-state index is 1.17. The first-order chi connectivity index (χ1) is 17.4. The lowest BCUT2D eigenvalue weighted by Crippen LogP contribution is -2.37. The minimum Gasteiger partial charge on any atom is -0.234 e. The SMILES string of the molecule is CCCCCCCCCCCCCCCCCCC[n+]1ccn(-c2ccccc2)c1CCCCC. The quantitative estimate of drug-likeness (QED) is 0.110. The highest BCUT2D eigenvalue weighted by molar-refractivity contribution is 5.31. The maximum atomic E-state index is 2.52. The second-order valence-corrected chi connectivity index (χ2v) is 10.7. The number of imidazole rings is 1. The van der Waals surface area contributed by atoms with E-state index in [0.29, 0.717) is 0 Å². The van der Waals surface area contributed by atoms with Crippen molar-refractivity contribution in [2.75, 3.05) is 0 Å². The molecule has 0 saturated heterocycles. The molecule has 0 saturated carbocycles. The highest BCUT2D eigenvalue weighted by Gasteiger charge is 2.17. The van der Waals surface area contributed by atoms with Crippen LogP contribution in [-0.4, -0.2) is 4.57 Å². The number of hydrogen-bond acceptors (Lipinski definition) is 0. The summed E-state index contributed by atoms with van der Waals surface area (Å²) in [4.78, 5) is 0. The predicted molar refractivity (Wildman–Crippen MR) is 153 cm³/mol. The Hall–Kier alpha value is -1.57. The van der Waals surface area contributed by atoms with Crippen molar-refractivity contribution in [3.05, 3.63) is 48.5 Å². The van der Waals surface area contributed by atoms with Crippen LogP contribution in [0.3, 0.4) is 0 Å². The molecule has 0 radical (unpaired) electrons. The Balaban J connectivity index is 1.50. The van der Waals surface area contributed by atoms with Crippen molar-refractivity contribution in [1.82, 2.24) is 4.57 Å². The molecule has 0 spiro atoms. The van der Waals surface area contributed by atoms with Gasteiger partial charge in [-0.2, -0.15) is 4.57 Å². The van der Waals surface area contributed by atoms with E-state index in [1.54, 1.807) is 0 Å². The summed E-state index contributed by atoms with van der Waals surface area (Å²) in [6.45, 7) is 5.76. The normalized spacial score (nSPS) is 11.4. The van der Waals surface area contributed by atoms with E-state index in [0.717, 1.165) is 0 Å². The van der Waals surface area contributed by atoms with Crippen LogP contribution in [0.2, 0.25) is 0 Å². The molecule has 0 atom stereocenters. The number of aromatic nitrogens is 2. The highest BCUT2D eigenvalue weighted by Crippen LogP contribution is 2.15. The fourth-order valence-corrected chi connectivity index (χ4v) is 5.29. The molecule has 2 aromatic rings. The van der Waals surface area contributed by atoms with Gasteiger partial charge in [0.2, 0.25) is 0 Å². The van der Waals surface area contributed by atoms with Gasteiger partial charge in [-0.05, 0) is 31.4 Å². The van der Waals surface area contributed by atoms with Gasteiger partial charge in [0.05, 0.1) is 6.54 Å². The van der Waals surface area contributed by atoms with E-state index in [4.69, 9.17) is 0 Å². The number of nitrogens with zero attached hydrogens (tertiary/aromatic N) is 2. The third-order valence-electron chi connectivity index (χ3n) is 7.55. The molecule has 0 aliphatic rings. The fraction of sp³-hybridized carbons (Fsp3) is 0.727. The number of para-hydroxylation sites is 1. The standard InChI is InChI=1S/C33H57N2/c1-3-5-7-8-9-10-11-12-13-14-15-16-17-18-19-20-25-29-34-30-31-35(32-26-23-21-24-27-32)33(34)28-22-6-4-2/h21,23-24,26-27,30-31H,3-20,22,25,28-29H2,1-2H3/q+1. The van der Waals surface area contributed by atoms with Crippen molar-refractivity contribution in [1.29, 1.82) is 0 Å². The molecule has 0 bridgehead atoms. The maximum Gasteiger partial charge on any atom is 0.261 e. The molecule has 0 fully saturated rings. The van der Waals surface area contributed by atoms with Gasteiger partial charge in [-0.3, -0.25) is 0 Å². The number of unbranched alkanes of at least 4 members (excludes halogenated alkanes) is 18. The zero-order valence-electron chi connectivity index (χ0n) is 23.5. The summed E-state index contributed by atoms with van der Waals surface area (Å²) in [5.41, 5.74) is 1.29. The van der Waals surface area contributed by atoms with Crippen LogP contribution in [-0.2, 0) is 13.0 Å². The van der Waals surface area contributed by atoms with Crippen molar-refractivity contribution in [2.45, 2.75) is 155 Å². The van der Waals surface area contributed by atoms with Gasteiger partial charge in [0.25, 0.3) is 5.82 Å². The molecule has 0 aliphatic heterocycles. The Labute approximate surface area is 218 Å². The molecular weight excluding hydrogens is 424 g/mol. The van der Waals surface area contributed by atoms with Gasteiger partial charge in [-0.15, -0.1) is 0 Å². The summed E-state index contributed by atoms with van der Waals surface area (Å²) in [6.07, 6.45) is 34.0. The first-order valence-corrected chi connectivity index (χ1v) is 15.5. The maximum absolute atomic E-state index is 2.52. The van der Waals surface area contributed by atoms with E-state index in [-0.39, 0.29) is 0 Å². The van der Waals surface area contributed by atoms with Gasteiger partial charge >= 0.3 is 0 Å². The van der Waals surface area contributed by atoms with Gasteiger partial charge in [0.15, 0.2) is 0 Å². The molecule has 0 aliphatic carbocycles. The Bertz CT molecular complexity index is 718. The van der Waals surface area contributed by atoms with E-state index in [1.807, 2.05) is 0 Å². The monoisotopic (exact) mass is 481 g/mol. The first-order valence-electron chi connectivity index (χ1n) is 15.5. The summed E-state index contributed by atoms with van der Waals surface area (Å²) < 4.78 is 4.93. The van der Waals surface area contributed by atoms with Crippen LogP contribution in [0.4, 0.5) is 0 Å². The molecule has 198 valence electrons. The Kier molecular flexibility index (Phi) is 17.5. The van der Waals surface area contributed by atoms with Crippen LogP contribution >= 0.6 is 0 Å². The molecule has 0 unspecified atom stereocenters. The lowest BCUT2D eigenvalue weighted by Gasteiger charge is -2.06. The van der Waals surface area contributed by atoms with Crippen LogP contribution in [0.15, 0.2) is 42.7 Å². The molecule has 35 heavy (non-hydrogen) atoms. The van der Waals surface area contributed by atoms with Crippen LogP contribution in [0, 0.1) is 0 Å². The zero-order valence-corrected chi connectivity index (χ0v) is 23.5. The van der Waals surface area contributed by atoms with E-state index in [1.165, 1.54) is 153 Å². The van der Waals surface area contributed by atoms with Crippen molar-refractivity contribution in [3.63, 3.8) is 0 Å². The molecule has 0 N–H and O–H groups in total. The van der Waals surface area contributed by atoms with Gasteiger partial charge in [-0.1, -0.05) is 141 Å². The Morgan fingerprint density at radius 3 is 1.51 bits per heavy atom. The highest BCUT2D eigenvalue weighted by atomic mass is 15.1. The predicted octanol–water partition coefficient (Wildman–Crippen LogP) is 10.1. The molecular formula is C33H57N2+. The van der Waals surface area contributed by atoms with Crippen LogP contribution in [0.1, 0.15) is 148 Å². The van der Waals surface area contributed by atoms with Crippen molar-refractivity contribution < 1.29 is 4.57 Å². The molecule has 1 heterocycles. The summed E-state index contributed by atoms with van der Waals surface area (Å²) in [6, 6.07) is 10.8. The largest absolute Gasteiger partial charge is 0.261 e. The number of rotatable bonds is 23. The number of benzene rings is 1. The van der Waals surface area contributed by atoms with E-state index in [9.17, 15) is 0 Å². The summed E-state index contributed by atoms with van der Waals surface area (Å²) in [5.74, 6) is 1.47. The topological polar surface area (TPSA) is 8.81 Å². The van der Waals surface area contributed by atoms with Gasteiger partial charge in [0.1, 0.15) is 18.1 Å². The lowest BCUT2D eigenvalue weighted by atomic mass is 10.0. The van der Waals surface area contributed by atoms with Crippen molar-refractivity contribution in [2.24, 2.45) is 0 Å². The van der Waals surface area contributed by atoms with Crippen LogP contribution in [0.25, 0.3) is 5.69 Å². The summed E-state index contributed by atoms with van der Waals surface area (Å²) in [5, 5.41) is 0. The van der Waals surface area contributed by atoms with Crippen molar-refractivity contribution in [3.8, 4) is 5.69 Å². The second kappa shape index (κ2) is 20.6. The molecule has 1 aromatic heterocycles. The van der Waals surface area contributed by atoms with Gasteiger partial charge in [-0.25, -0.2) is 4.57 Å². The second-order valence-electron chi connectivity index (χ2n) is 10.7. The Morgan fingerprint density at radius 1 is 0.543 bits per heavy atom. The van der Waals surface area contributed by atoms with Gasteiger partial charge in [0, 0.05) is 6.42 Å². The number of hydrogen-bond donors (Lipinski definition) is 0. The third-order valence-corrected chi connectivity index (χ3v) is 7.55. The smallest absolute Gasteiger partial charge is 0.234 e. The Morgan fingerprint density at radius 2 is 1.00 bits per heavy atom. The molecule has 2 nitrogen and oxygen atoms in total. The fourth-order valence-electron chi connectivity index (χ4n) is 5.29. The van der Waals surface area contributed by atoms with E-state index < -0.39 is 0 Å². The summed E-state index contributed by atoms with van der Waals surface area (Å²) in [7, 11) is 0. The lowest BCUT2D eigenvalue weighted by molar-refractivity contribution is -0.704. The van der Waals surface area contributed by atoms with Crippen LogP contribution in [0.5, 0.6) is 0 Å². The van der Waals surface area contributed by atoms with E-state index >= 15 is 0 Å². The molecule has 0 amide bonds. The third kappa shape index (κ3) is 13.3. The average molecular weight is 482 g/mol.